The molecule has 0 atom stereocenters. The summed E-state index contributed by atoms with van der Waals surface area (Å²) in [5, 5.41) is 11.9. The van der Waals surface area contributed by atoms with E-state index in [-0.39, 0.29) is 0 Å². The van der Waals surface area contributed by atoms with E-state index in [0.29, 0.717) is 0 Å². The van der Waals surface area contributed by atoms with E-state index in [4.69, 9.17) is 5.41 Å². The molecule has 3 nitrogen and oxygen atoms in total. The summed E-state index contributed by atoms with van der Waals surface area (Å²) >= 11 is 0. The van der Waals surface area contributed by atoms with E-state index in [1.165, 1.54) is 17.1 Å². The third-order valence-electron chi connectivity index (χ3n) is 3.75. The van der Waals surface area contributed by atoms with Crippen molar-refractivity contribution in [1.82, 2.24) is 9.88 Å². The summed E-state index contributed by atoms with van der Waals surface area (Å²) in [6, 6.07) is 8.54. The van der Waals surface area contributed by atoms with Crippen LogP contribution in [0.4, 0.5) is 0 Å². The summed E-state index contributed by atoms with van der Waals surface area (Å²) < 4.78 is 2.31. The van der Waals surface area contributed by atoms with E-state index in [1.807, 2.05) is 26.1 Å². The van der Waals surface area contributed by atoms with Crippen molar-refractivity contribution < 1.29 is 0 Å². The van der Waals surface area contributed by atoms with Gasteiger partial charge in [-0.2, -0.15) is 0 Å². The molecule has 2 aromatic rings. The molecule has 0 aliphatic heterocycles. The van der Waals surface area contributed by atoms with E-state index in [9.17, 15) is 0 Å². The predicted molar refractivity (Wildman–Crippen MR) is 93.0 cm³/mol. The lowest BCUT2D eigenvalue weighted by Crippen LogP contribution is -2.11. The SMILES string of the molecule is C=Cc1cc2ccc(/C(C=N)=C/C)cc2n1CCCNC. The van der Waals surface area contributed by atoms with Crippen LogP contribution in [-0.2, 0) is 6.54 Å². The number of aromatic nitrogens is 1. The Balaban J connectivity index is 2.50. The molecule has 0 aliphatic rings. The Hall–Kier alpha value is -2.13. The summed E-state index contributed by atoms with van der Waals surface area (Å²) in [5.74, 6) is 0. The fraction of sp³-hybridized carbons (Fsp3) is 0.278. The molecule has 1 aromatic carbocycles. The molecule has 0 spiro atoms. The molecular formula is C18H23N3. The van der Waals surface area contributed by atoms with E-state index >= 15 is 0 Å². The summed E-state index contributed by atoms with van der Waals surface area (Å²) in [5.41, 5.74) is 4.39. The Morgan fingerprint density at radius 3 is 2.81 bits per heavy atom. The molecule has 3 heteroatoms. The van der Waals surface area contributed by atoms with Gasteiger partial charge in [-0.25, -0.2) is 0 Å². The standard InChI is InChI=1S/C18H23N3/c1-4-14(13-19)15-7-8-16-11-17(5-2)21(18(16)12-15)10-6-9-20-3/h4-5,7-8,11-13,19-20H,2,6,9-10H2,1,3H3/b14-4+,19-13?. The first-order chi connectivity index (χ1) is 10.2. The molecule has 0 radical (unpaired) electrons. The maximum Gasteiger partial charge on any atom is 0.0491 e. The number of hydrogen-bond donors (Lipinski definition) is 2. The minimum atomic E-state index is 0.944. The largest absolute Gasteiger partial charge is 0.341 e. The second-order valence-electron chi connectivity index (χ2n) is 5.04. The Morgan fingerprint density at radius 2 is 2.19 bits per heavy atom. The van der Waals surface area contributed by atoms with Crippen LogP contribution in [0.15, 0.2) is 36.9 Å². The molecule has 1 heterocycles. The Bertz CT molecular complexity index is 677. The van der Waals surface area contributed by atoms with Crippen LogP contribution >= 0.6 is 0 Å². The second kappa shape index (κ2) is 7.04. The summed E-state index contributed by atoms with van der Waals surface area (Å²) in [7, 11) is 1.97. The monoisotopic (exact) mass is 281 g/mol. The predicted octanol–water partition coefficient (Wildman–Crippen LogP) is 3.95. The molecule has 0 bridgehead atoms. The van der Waals surface area contributed by atoms with Gasteiger partial charge in [0.15, 0.2) is 0 Å². The highest BCUT2D eigenvalue weighted by atomic mass is 15.0. The fourth-order valence-electron chi connectivity index (χ4n) is 2.62. The molecule has 0 aliphatic carbocycles. The van der Waals surface area contributed by atoms with Gasteiger partial charge in [0.25, 0.3) is 0 Å². The van der Waals surface area contributed by atoms with Gasteiger partial charge in [0.05, 0.1) is 0 Å². The van der Waals surface area contributed by atoms with Crippen LogP contribution in [0.2, 0.25) is 0 Å². The van der Waals surface area contributed by atoms with Crippen molar-refractivity contribution >= 4 is 28.8 Å². The average molecular weight is 281 g/mol. The summed E-state index contributed by atoms with van der Waals surface area (Å²) in [6.45, 7) is 7.84. The number of fused-ring (bicyclic) bond motifs is 1. The normalized spacial score (nSPS) is 11.8. The van der Waals surface area contributed by atoms with Crippen LogP contribution in [0, 0.1) is 5.41 Å². The molecule has 1 aromatic heterocycles. The maximum absolute atomic E-state index is 7.51. The van der Waals surface area contributed by atoms with E-state index in [2.05, 4.69) is 40.7 Å². The zero-order valence-corrected chi connectivity index (χ0v) is 12.8. The molecule has 0 amide bonds. The third-order valence-corrected chi connectivity index (χ3v) is 3.75. The zero-order chi connectivity index (χ0) is 15.2. The first-order valence-corrected chi connectivity index (χ1v) is 7.32. The second-order valence-corrected chi connectivity index (χ2v) is 5.04. The van der Waals surface area contributed by atoms with Crippen LogP contribution in [0.3, 0.4) is 0 Å². The van der Waals surface area contributed by atoms with Crippen molar-refractivity contribution in [2.75, 3.05) is 13.6 Å². The van der Waals surface area contributed by atoms with Crippen LogP contribution in [0.5, 0.6) is 0 Å². The lowest BCUT2D eigenvalue weighted by atomic mass is 10.1. The van der Waals surface area contributed by atoms with Gasteiger partial charge in [-0.3, -0.25) is 0 Å². The van der Waals surface area contributed by atoms with E-state index < -0.39 is 0 Å². The molecule has 2 rings (SSSR count). The van der Waals surface area contributed by atoms with Gasteiger partial charge in [-0.05, 0) is 56.3 Å². The van der Waals surface area contributed by atoms with Crippen molar-refractivity contribution in [2.24, 2.45) is 0 Å². The van der Waals surface area contributed by atoms with Crippen molar-refractivity contribution in [3.63, 3.8) is 0 Å². The van der Waals surface area contributed by atoms with Crippen molar-refractivity contribution in [1.29, 1.82) is 5.41 Å². The average Bonchev–Trinajstić information content (AvgIpc) is 2.86. The van der Waals surface area contributed by atoms with Gasteiger partial charge < -0.3 is 15.3 Å². The zero-order valence-electron chi connectivity index (χ0n) is 12.8. The minimum absolute atomic E-state index is 0.944. The third kappa shape index (κ3) is 3.14. The molecule has 21 heavy (non-hydrogen) atoms. The quantitative estimate of drug-likeness (QED) is 0.585. The topological polar surface area (TPSA) is 40.8 Å². The molecule has 0 unspecified atom stereocenters. The molecule has 2 N–H and O–H groups in total. The summed E-state index contributed by atoms with van der Waals surface area (Å²) in [6.07, 6.45) is 6.36. The van der Waals surface area contributed by atoms with Crippen LogP contribution in [0.1, 0.15) is 24.6 Å². The van der Waals surface area contributed by atoms with Gasteiger partial charge in [0.1, 0.15) is 0 Å². The van der Waals surface area contributed by atoms with Crippen LogP contribution in [0.25, 0.3) is 22.6 Å². The maximum atomic E-state index is 7.51. The van der Waals surface area contributed by atoms with Crippen molar-refractivity contribution in [3.05, 3.63) is 48.2 Å². The van der Waals surface area contributed by atoms with Gasteiger partial charge in [-0.1, -0.05) is 24.8 Å². The van der Waals surface area contributed by atoms with Gasteiger partial charge in [0.2, 0.25) is 0 Å². The molecule has 110 valence electrons. The molecule has 0 saturated heterocycles. The highest BCUT2D eigenvalue weighted by Crippen LogP contribution is 2.25. The lowest BCUT2D eigenvalue weighted by molar-refractivity contribution is 0.624. The fourth-order valence-corrected chi connectivity index (χ4v) is 2.62. The number of benzene rings is 1. The molecule has 0 saturated carbocycles. The van der Waals surface area contributed by atoms with Crippen molar-refractivity contribution in [3.8, 4) is 0 Å². The Kier molecular flexibility index (Phi) is 5.12. The number of hydrogen-bond acceptors (Lipinski definition) is 2. The van der Waals surface area contributed by atoms with Gasteiger partial charge >= 0.3 is 0 Å². The smallest absolute Gasteiger partial charge is 0.0491 e. The first-order valence-electron chi connectivity index (χ1n) is 7.32. The van der Waals surface area contributed by atoms with Crippen LogP contribution in [-0.4, -0.2) is 24.4 Å². The molecule has 0 fully saturated rings. The van der Waals surface area contributed by atoms with Gasteiger partial charge in [0, 0.05) is 29.4 Å². The van der Waals surface area contributed by atoms with E-state index in [0.717, 1.165) is 36.3 Å². The highest BCUT2D eigenvalue weighted by molar-refractivity contribution is 6.09. The molecular weight excluding hydrogens is 258 g/mol. The highest BCUT2D eigenvalue weighted by Gasteiger charge is 2.08. The van der Waals surface area contributed by atoms with Crippen molar-refractivity contribution in [2.45, 2.75) is 19.9 Å². The number of allylic oxidation sites excluding steroid dienone is 2. The van der Waals surface area contributed by atoms with E-state index in [1.54, 1.807) is 0 Å². The Labute approximate surface area is 126 Å². The summed E-state index contributed by atoms with van der Waals surface area (Å²) in [4.78, 5) is 0. The lowest BCUT2D eigenvalue weighted by Gasteiger charge is -2.09. The minimum Gasteiger partial charge on any atom is -0.341 e. The van der Waals surface area contributed by atoms with Gasteiger partial charge in [-0.15, -0.1) is 0 Å². The first kappa shape index (κ1) is 15.3. The number of aryl methyl sites for hydroxylation is 1. The Morgan fingerprint density at radius 1 is 1.38 bits per heavy atom. The number of rotatable bonds is 7. The number of nitrogens with zero attached hydrogens (tertiary/aromatic N) is 1. The number of nitrogens with one attached hydrogen (secondary N) is 2. The van der Waals surface area contributed by atoms with Crippen LogP contribution < -0.4 is 5.32 Å².